The smallest absolute Gasteiger partial charge is 0.193 e. The highest BCUT2D eigenvalue weighted by molar-refractivity contribution is 14.0. The Morgan fingerprint density at radius 3 is 2.37 bits per heavy atom. The molecule has 2 aliphatic rings. The molecular weight excluding hydrogens is 349 g/mol. The first-order chi connectivity index (χ1) is 8.44. The van der Waals surface area contributed by atoms with Gasteiger partial charge in [-0.25, -0.2) is 0 Å². The third kappa shape index (κ3) is 4.50. The fourth-order valence-electron chi connectivity index (χ4n) is 3.08. The van der Waals surface area contributed by atoms with Gasteiger partial charge in [0.05, 0.1) is 0 Å². The van der Waals surface area contributed by atoms with E-state index >= 15 is 0 Å². The van der Waals surface area contributed by atoms with Crippen LogP contribution in [0.4, 0.5) is 0 Å². The number of nitrogens with zero attached hydrogens (tertiary/aromatic N) is 2. The van der Waals surface area contributed by atoms with E-state index in [-0.39, 0.29) is 24.0 Å². The number of rotatable bonds is 2. The molecule has 1 N–H and O–H groups in total. The molecule has 0 aromatic heterocycles. The molecule has 1 saturated carbocycles. The molecule has 0 bridgehead atoms. The minimum Gasteiger partial charge on any atom is -0.356 e. The van der Waals surface area contributed by atoms with Crippen molar-refractivity contribution in [3.05, 3.63) is 0 Å². The van der Waals surface area contributed by atoms with Crippen LogP contribution < -0.4 is 5.32 Å². The van der Waals surface area contributed by atoms with Crippen molar-refractivity contribution in [1.82, 2.24) is 10.2 Å². The Bertz CT molecular complexity index is 316. The summed E-state index contributed by atoms with van der Waals surface area (Å²) in [4.78, 5) is 6.91. The topological polar surface area (TPSA) is 27.6 Å². The van der Waals surface area contributed by atoms with Gasteiger partial charge >= 0.3 is 0 Å². The van der Waals surface area contributed by atoms with E-state index < -0.39 is 0 Å². The minimum absolute atomic E-state index is 0. The summed E-state index contributed by atoms with van der Waals surface area (Å²) in [7, 11) is 1.91. The summed E-state index contributed by atoms with van der Waals surface area (Å²) < 4.78 is 0. The van der Waals surface area contributed by atoms with Crippen LogP contribution in [-0.2, 0) is 0 Å². The van der Waals surface area contributed by atoms with Crippen molar-refractivity contribution in [3.63, 3.8) is 0 Å². The van der Waals surface area contributed by atoms with Crippen molar-refractivity contribution < 1.29 is 0 Å². The third-order valence-electron chi connectivity index (χ3n) is 4.52. The van der Waals surface area contributed by atoms with Gasteiger partial charge in [0.2, 0.25) is 0 Å². The standard InChI is InChI=1S/C15H29N3.HI/c1-14(2,3)8-10-17-13(16-4)18-11-9-15(12-18)6-5-7-15;/h5-12H2,1-4H3,(H,16,17);1H. The van der Waals surface area contributed by atoms with Gasteiger partial charge in [-0.05, 0) is 36.5 Å². The first-order valence-corrected chi connectivity index (χ1v) is 7.40. The van der Waals surface area contributed by atoms with Crippen LogP contribution >= 0.6 is 24.0 Å². The van der Waals surface area contributed by atoms with Crippen LogP contribution in [0.3, 0.4) is 0 Å². The average Bonchev–Trinajstić information content (AvgIpc) is 2.67. The molecule has 2 rings (SSSR count). The van der Waals surface area contributed by atoms with Gasteiger partial charge in [-0.2, -0.15) is 0 Å². The van der Waals surface area contributed by atoms with Crippen LogP contribution in [0.1, 0.15) is 52.9 Å². The van der Waals surface area contributed by atoms with Gasteiger partial charge in [-0.15, -0.1) is 24.0 Å². The molecule has 1 heterocycles. The van der Waals surface area contributed by atoms with Gasteiger partial charge in [0.25, 0.3) is 0 Å². The highest BCUT2D eigenvalue weighted by Gasteiger charge is 2.43. The van der Waals surface area contributed by atoms with E-state index in [1.54, 1.807) is 0 Å². The molecule has 112 valence electrons. The van der Waals surface area contributed by atoms with Crippen molar-refractivity contribution >= 4 is 29.9 Å². The Hall–Kier alpha value is 0. The van der Waals surface area contributed by atoms with E-state index in [1.165, 1.54) is 45.2 Å². The molecule has 1 aliphatic heterocycles. The highest BCUT2D eigenvalue weighted by atomic mass is 127. The zero-order valence-corrected chi connectivity index (χ0v) is 15.3. The second-order valence-electron chi connectivity index (χ2n) is 7.31. The maximum absolute atomic E-state index is 4.45. The van der Waals surface area contributed by atoms with E-state index in [4.69, 9.17) is 0 Å². The molecule has 0 aromatic carbocycles. The lowest BCUT2D eigenvalue weighted by atomic mass is 9.68. The lowest BCUT2D eigenvalue weighted by molar-refractivity contribution is 0.151. The quantitative estimate of drug-likeness (QED) is 0.452. The van der Waals surface area contributed by atoms with Crippen molar-refractivity contribution in [2.75, 3.05) is 26.7 Å². The molecule has 0 unspecified atom stereocenters. The first kappa shape index (κ1) is 17.1. The molecule has 4 heteroatoms. The normalized spacial score (nSPS) is 22.1. The largest absolute Gasteiger partial charge is 0.356 e. The van der Waals surface area contributed by atoms with Gasteiger partial charge in [-0.1, -0.05) is 27.2 Å². The summed E-state index contributed by atoms with van der Waals surface area (Å²) in [5.74, 6) is 1.11. The van der Waals surface area contributed by atoms with Gasteiger partial charge in [-0.3, -0.25) is 4.99 Å². The maximum atomic E-state index is 4.45. The second-order valence-corrected chi connectivity index (χ2v) is 7.31. The Morgan fingerprint density at radius 2 is 1.95 bits per heavy atom. The van der Waals surface area contributed by atoms with E-state index in [9.17, 15) is 0 Å². The summed E-state index contributed by atoms with van der Waals surface area (Å²) in [6, 6.07) is 0. The summed E-state index contributed by atoms with van der Waals surface area (Å²) in [5.41, 5.74) is 1.05. The van der Waals surface area contributed by atoms with Gasteiger partial charge in [0.15, 0.2) is 5.96 Å². The van der Waals surface area contributed by atoms with Crippen LogP contribution in [-0.4, -0.2) is 37.5 Å². The van der Waals surface area contributed by atoms with E-state index in [1.807, 2.05) is 7.05 Å². The molecule has 1 saturated heterocycles. The lowest BCUT2D eigenvalue weighted by Gasteiger charge is -2.38. The fraction of sp³-hybridized carbons (Fsp3) is 0.933. The van der Waals surface area contributed by atoms with E-state index in [0.717, 1.165) is 12.5 Å². The number of hydrogen-bond donors (Lipinski definition) is 1. The predicted molar refractivity (Wildman–Crippen MR) is 93.3 cm³/mol. The van der Waals surface area contributed by atoms with Gasteiger partial charge in [0, 0.05) is 26.7 Å². The SMILES string of the molecule is CN=C(NCCC(C)(C)C)N1CCC2(CCC2)C1.I. The van der Waals surface area contributed by atoms with Crippen molar-refractivity contribution in [1.29, 1.82) is 0 Å². The molecular formula is C15H30IN3. The Labute approximate surface area is 135 Å². The Balaban J connectivity index is 0.00000180. The average molecular weight is 379 g/mol. The van der Waals surface area contributed by atoms with Crippen LogP contribution in [0, 0.1) is 10.8 Å². The monoisotopic (exact) mass is 379 g/mol. The molecule has 1 aliphatic carbocycles. The summed E-state index contributed by atoms with van der Waals surface area (Å²) in [6.45, 7) is 10.3. The molecule has 3 nitrogen and oxygen atoms in total. The molecule has 0 radical (unpaired) electrons. The number of guanidine groups is 1. The van der Waals surface area contributed by atoms with Crippen LogP contribution in [0.15, 0.2) is 4.99 Å². The lowest BCUT2D eigenvalue weighted by Crippen LogP contribution is -2.43. The van der Waals surface area contributed by atoms with Crippen LogP contribution in [0.2, 0.25) is 0 Å². The molecule has 2 fully saturated rings. The molecule has 0 aromatic rings. The number of nitrogens with one attached hydrogen (secondary N) is 1. The summed E-state index contributed by atoms with van der Waals surface area (Å²) >= 11 is 0. The van der Waals surface area contributed by atoms with Crippen LogP contribution in [0.25, 0.3) is 0 Å². The Morgan fingerprint density at radius 1 is 1.26 bits per heavy atom. The first-order valence-electron chi connectivity index (χ1n) is 7.40. The van der Waals surface area contributed by atoms with Crippen molar-refractivity contribution in [3.8, 4) is 0 Å². The number of aliphatic imine (C=N–C) groups is 1. The summed E-state index contributed by atoms with van der Waals surface area (Å²) in [5, 5.41) is 3.53. The molecule has 0 atom stereocenters. The molecule has 1 spiro atoms. The van der Waals surface area contributed by atoms with Crippen LogP contribution in [0.5, 0.6) is 0 Å². The number of halogens is 1. The second kappa shape index (κ2) is 6.64. The van der Waals surface area contributed by atoms with Gasteiger partial charge < -0.3 is 10.2 Å². The van der Waals surface area contributed by atoms with Crippen molar-refractivity contribution in [2.45, 2.75) is 52.9 Å². The molecule has 0 amide bonds. The summed E-state index contributed by atoms with van der Waals surface area (Å²) in [6.07, 6.45) is 6.85. The highest BCUT2D eigenvalue weighted by Crippen LogP contribution is 2.47. The van der Waals surface area contributed by atoms with E-state index in [0.29, 0.717) is 10.8 Å². The predicted octanol–water partition coefficient (Wildman–Crippen LogP) is 3.49. The Kier molecular flexibility index (Phi) is 5.96. The maximum Gasteiger partial charge on any atom is 0.193 e. The zero-order valence-electron chi connectivity index (χ0n) is 13.0. The number of likely N-dealkylation sites (tertiary alicyclic amines) is 1. The van der Waals surface area contributed by atoms with Gasteiger partial charge in [0.1, 0.15) is 0 Å². The third-order valence-corrected chi connectivity index (χ3v) is 4.52. The number of hydrogen-bond acceptors (Lipinski definition) is 1. The fourth-order valence-corrected chi connectivity index (χ4v) is 3.08. The van der Waals surface area contributed by atoms with Crippen molar-refractivity contribution in [2.24, 2.45) is 15.8 Å². The minimum atomic E-state index is 0. The molecule has 19 heavy (non-hydrogen) atoms. The van der Waals surface area contributed by atoms with E-state index in [2.05, 4.69) is 36.0 Å². The zero-order chi connectivity index (χ0) is 13.2.